The number of halogens is 4. The summed E-state index contributed by atoms with van der Waals surface area (Å²) in [7, 11) is 3.05. The second-order valence-electron chi connectivity index (χ2n) is 5.82. The van der Waals surface area contributed by atoms with E-state index in [1.165, 1.54) is 13.2 Å². The fourth-order valence-corrected chi connectivity index (χ4v) is 3.31. The Hall–Kier alpha value is -1.17. The van der Waals surface area contributed by atoms with Crippen molar-refractivity contribution in [3.8, 4) is 5.75 Å². The van der Waals surface area contributed by atoms with E-state index in [0.29, 0.717) is 37.5 Å². The molecule has 1 aliphatic rings. The van der Waals surface area contributed by atoms with Crippen LogP contribution in [0.25, 0.3) is 0 Å². The van der Waals surface area contributed by atoms with Crippen LogP contribution in [0, 0.1) is 5.92 Å². The van der Waals surface area contributed by atoms with Crippen molar-refractivity contribution in [2.45, 2.75) is 26.0 Å². The average molecular weight is 562 g/mol. The lowest BCUT2D eigenvalue weighted by Gasteiger charge is -2.33. The fraction of sp³-hybridized carbons (Fsp3) is 0.529. The van der Waals surface area contributed by atoms with E-state index in [0.717, 1.165) is 4.47 Å². The summed E-state index contributed by atoms with van der Waals surface area (Å²) < 4.78 is 35.3. The van der Waals surface area contributed by atoms with E-state index in [1.807, 2.05) is 4.90 Å². The van der Waals surface area contributed by atoms with Gasteiger partial charge in [-0.15, -0.1) is 24.0 Å². The van der Waals surface area contributed by atoms with E-state index in [9.17, 15) is 13.6 Å². The molecule has 0 amide bonds. The standard InChI is InChI=1S/C17H22BrF2N3O3.HI/c1-21-17(23-7-5-11(6-8-23)15(24)25-2)22-10-12-9-13(18)3-4-14(12)26-16(19)20;/h3-4,9,11,16H,5-8,10H2,1-2H3,(H,21,22);1H. The minimum Gasteiger partial charge on any atom is -0.469 e. The first kappa shape index (κ1) is 23.9. The maximum Gasteiger partial charge on any atom is 0.387 e. The number of piperidine rings is 1. The summed E-state index contributed by atoms with van der Waals surface area (Å²) in [5.41, 5.74) is 0.588. The van der Waals surface area contributed by atoms with Crippen molar-refractivity contribution in [1.82, 2.24) is 10.2 Å². The molecule has 1 aliphatic heterocycles. The van der Waals surface area contributed by atoms with E-state index in [-0.39, 0.29) is 48.2 Å². The number of aliphatic imine (C=N–C) groups is 1. The van der Waals surface area contributed by atoms with E-state index < -0.39 is 6.61 Å². The monoisotopic (exact) mass is 561 g/mol. The Kier molecular flexibility index (Phi) is 10.3. The van der Waals surface area contributed by atoms with Crippen LogP contribution in [0.15, 0.2) is 27.7 Å². The smallest absolute Gasteiger partial charge is 0.387 e. The van der Waals surface area contributed by atoms with Gasteiger partial charge in [0.2, 0.25) is 0 Å². The van der Waals surface area contributed by atoms with Crippen LogP contribution in [-0.4, -0.2) is 50.7 Å². The number of carbonyl (C=O) groups is 1. The number of nitrogens with zero attached hydrogens (tertiary/aromatic N) is 2. The predicted octanol–water partition coefficient (Wildman–Crippen LogP) is 3.63. The van der Waals surface area contributed by atoms with Crippen LogP contribution in [0.4, 0.5) is 8.78 Å². The number of rotatable bonds is 5. The summed E-state index contributed by atoms with van der Waals surface area (Å²) >= 11 is 3.33. The summed E-state index contributed by atoms with van der Waals surface area (Å²) in [6.45, 7) is -1.27. The van der Waals surface area contributed by atoms with Gasteiger partial charge in [0.05, 0.1) is 13.0 Å². The number of hydrogen-bond acceptors (Lipinski definition) is 4. The molecule has 0 saturated carbocycles. The molecule has 10 heteroatoms. The number of likely N-dealkylation sites (tertiary alicyclic amines) is 1. The van der Waals surface area contributed by atoms with Crippen LogP contribution >= 0.6 is 39.9 Å². The summed E-state index contributed by atoms with van der Waals surface area (Å²) in [6.07, 6.45) is 1.37. The highest BCUT2D eigenvalue weighted by atomic mass is 127. The lowest BCUT2D eigenvalue weighted by molar-refractivity contribution is -0.146. The zero-order chi connectivity index (χ0) is 19.1. The normalized spacial score (nSPS) is 15.3. The number of methoxy groups -OCH3 is 1. The molecule has 0 atom stereocenters. The number of alkyl halides is 2. The third-order valence-corrected chi connectivity index (χ3v) is 4.71. The van der Waals surface area contributed by atoms with Gasteiger partial charge in [0.15, 0.2) is 5.96 Å². The van der Waals surface area contributed by atoms with Gasteiger partial charge in [-0.3, -0.25) is 9.79 Å². The number of hydrogen-bond donors (Lipinski definition) is 1. The number of guanidine groups is 1. The number of nitrogens with one attached hydrogen (secondary N) is 1. The number of carbonyl (C=O) groups excluding carboxylic acids is 1. The van der Waals surface area contributed by atoms with Crippen LogP contribution in [0.2, 0.25) is 0 Å². The lowest BCUT2D eigenvalue weighted by Crippen LogP contribution is -2.46. The summed E-state index contributed by atoms with van der Waals surface area (Å²) in [5, 5.41) is 3.17. The first-order chi connectivity index (χ1) is 12.4. The molecule has 0 radical (unpaired) electrons. The van der Waals surface area contributed by atoms with E-state index in [4.69, 9.17) is 4.74 Å². The van der Waals surface area contributed by atoms with E-state index >= 15 is 0 Å². The molecule has 0 aromatic heterocycles. The zero-order valence-electron chi connectivity index (χ0n) is 15.1. The third-order valence-electron chi connectivity index (χ3n) is 4.22. The van der Waals surface area contributed by atoms with Crippen molar-refractivity contribution < 1.29 is 23.0 Å². The number of esters is 1. The Morgan fingerprint density at radius 2 is 2.07 bits per heavy atom. The van der Waals surface area contributed by atoms with Crippen molar-refractivity contribution in [2.24, 2.45) is 10.9 Å². The molecule has 1 aromatic rings. The third kappa shape index (κ3) is 7.05. The Morgan fingerprint density at radius 3 is 2.63 bits per heavy atom. The Labute approximate surface area is 182 Å². The first-order valence-corrected chi connectivity index (χ1v) is 9.00. The van der Waals surface area contributed by atoms with E-state index in [1.54, 1.807) is 19.2 Å². The number of benzene rings is 1. The van der Waals surface area contributed by atoms with Crippen LogP contribution < -0.4 is 10.1 Å². The Bertz CT molecular complexity index is 656. The minimum atomic E-state index is -2.88. The van der Waals surface area contributed by atoms with Gasteiger partial charge in [-0.05, 0) is 31.0 Å². The highest BCUT2D eigenvalue weighted by Gasteiger charge is 2.27. The molecule has 1 heterocycles. The molecule has 0 spiro atoms. The lowest BCUT2D eigenvalue weighted by atomic mass is 9.97. The highest BCUT2D eigenvalue weighted by molar-refractivity contribution is 14.0. The van der Waals surface area contributed by atoms with Crippen molar-refractivity contribution in [3.63, 3.8) is 0 Å². The zero-order valence-corrected chi connectivity index (χ0v) is 19.0. The Morgan fingerprint density at radius 1 is 1.41 bits per heavy atom. The van der Waals surface area contributed by atoms with Crippen molar-refractivity contribution in [1.29, 1.82) is 0 Å². The van der Waals surface area contributed by atoms with Crippen molar-refractivity contribution in [2.75, 3.05) is 27.2 Å². The second-order valence-corrected chi connectivity index (χ2v) is 6.73. The van der Waals surface area contributed by atoms with Gasteiger partial charge in [0.25, 0.3) is 0 Å². The molecule has 152 valence electrons. The summed E-state index contributed by atoms with van der Waals surface area (Å²) in [4.78, 5) is 17.9. The molecule has 1 aromatic carbocycles. The van der Waals surface area contributed by atoms with Crippen LogP contribution in [-0.2, 0) is 16.1 Å². The van der Waals surface area contributed by atoms with Crippen LogP contribution in [0.5, 0.6) is 5.75 Å². The molecular weight excluding hydrogens is 539 g/mol. The van der Waals surface area contributed by atoms with Gasteiger partial charge >= 0.3 is 12.6 Å². The van der Waals surface area contributed by atoms with Gasteiger partial charge in [0, 0.05) is 36.7 Å². The van der Waals surface area contributed by atoms with Crippen molar-refractivity contribution in [3.05, 3.63) is 28.2 Å². The van der Waals surface area contributed by atoms with Gasteiger partial charge < -0.3 is 19.7 Å². The molecule has 1 saturated heterocycles. The maximum atomic E-state index is 12.6. The largest absolute Gasteiger partial charge is 0.469 e. The predicted molar refractivity (Wildman–Crippen MR) is 113 cm³/mol. The van der Waals surface area contributed by atoms with Gasteiger partial charge in [-0.2, -0.15) is 8.78 Å². The highest BCUT2D eigenvalue weighted by Crippen LogP contribution is 2.25. The topological polar surface area (TPSA) is 63.2 Å². The first-order valence-electron chi connectivity index (χ1n) is 8.21. The van der Waals surface area contributed by atoms with Crippen molar-refractivity contribution >= 4 is 51.8 Å². The molecule has 0 bridgehead atoms. The van der Waals surface area contributed by atoms with Crippen LogP contribution in [0.1, 0.15) is 18.4 Å². The molecule has 0 unspecified atom stereocenters. The summed E-state index contributed by atoms with van der Waals surface area (Å²) in [5.74, 6) is 0.493. The quantitative estimate of drug-likeness (QED) is 0.257. The molecule has 6 nitrogen and oxygen atoms in total. The van der Waals surface area contributed by atoms with Gasteiger partial charge in [-0.1, -0.05) is 15.9 Å². The van der Waals surface area contributed by atoms with E-state index in [2.05, 4.69) is 31.0 Å². The molecule has 2 rings (SSSR count). The number of ether oxygens (including phenoxy) is 2. The molecule has 27 heavy (non-hydrogen) atoms. The molecule has 0 aliphatic carbocycles. The van der Waals surface area contributed by atoms with Gasteiger partial charge in [-0.25, -0.2) is 0 Å². The van der Waals surface area contributed by atoms with Crippen LogP contribution in [0.3, 0.4) is 0 Å². The fourth-order valence-electron chi connectivity index (χ4n) is 2.90. The maximum absolute atomic E-state index is 12.6. The molecular formula is C17H23BrF2IN3O3. The Balaban J connectivity index is 0.00000364. The molecule has 1 N–H and O–H groups in total. The second kappa shape index (κ2) is 11.6. The molecule has 1 fully saturated rings. The SMILES string of the molecule is CN=C(NCc1cc(Br)ccc1OC(F)F)N1CCC(C(=O)OC)CC1.I. The van der Waals surface area contributed by atoms with Gasteiger partial charge in [0.1, 0.15) is 5.75 Å². The minimum absolute atomic E-state index is 0. The summed E-state index contributed by atoms with van der Waals surface area (Å²) in [6, 6.07) is 4.87. The average Bonchev–Trinajstić information content (AvgIpc) is 2.63.